The van der Waals surface area contributed by atoms with Crippen LogP contribution in [0.5, 0.6) is 0 Å². The van der Waals surface area contributed by atoms with E-state index in [0.29, 0.717) is 11.5 Å². The van der Waals surface area contributed by atoms with Gasteiger partial charge in [-0.05, 0) is 6.92 Å². The standard InChI is InChI=1S/C7H11N5OS/c1-4-2-5(13-12-4)3-14-7(10)11-6(8)9/h2H,3H2,1H3,(H5,8,9,10,11). The highest BCUT2D eigenvalue weighted by atomic mass is 32.2. The summed E-state index contributed by atoms with van der Waals surface area (Å²) in [5.74, 6) is 1.08. The van der Waals surface area contributed by atoms with Crippen LogP contribution in [0, 0.1) is 12.3 Å². The molecular formula is C7H11N5OS. The summed E-state index contributed by atoms with van der Waals surface area (Å²) < 4.78 is 4.94. The zero-order valence-corrected chi connectivity index (χ0v) is 8.47. The predicted octanol–water partition coefficient (Wildman–Crippen LogP) is 0.424. The molecule has 7 heteroatoms. The molecule has 14 heavy (non-hydrogen) atoms. The fraction of sp³-hybridized carbons (Fsp3) is 0.286. The van der Waals surface area contributed by atoms with E-state index in [2.05, 4.69) is 10.1 Å². The maximum atomic E-state index is 7.33. The molecule has 5 N–H and O–H groups in total. The molecule has 0 aliphatic heterocycles. The molecule has 1 rings (SSSR count). The van der Waals surface area contributed by atoms with E-state index in [1.165, 1.54) is 11.8 Å². The van der Waals surface area contributed by atoms with Gasteiger partial charge >= 0.3 is 0 Å². The molecular weight excluding hydrogens is 202 g/mol. The van der Waals surface area contributed by atoms with Crippen molar-refractivity contribution in [3.05, 3.63) is 17.5 Å². The SMILES string of the molecule is Cc1cc(CSC(=N)N=C(N)N)on1. The van der Waals surface area contributed by atoms with Crippen LogP contribution in [0.2, 0.25) is 0 Å². The number of aryl methyl sites for hydroxylation is 1. The molecule has 1 aromatic rings. The normalized spacial score (nSPS) is 9.79. The zero-order chi connectivity index (χ0) is 10.6. The van der Waals surface area contributed by atoms with E-state index >= 15 is 0 Å². The first kappa shape index (κ1) is 10.6. The summed E-state index contributed by atoms with van der Waals surface area (Å²) in [7, 11) is 0. The molecule has 76 valence electrons. The monoisotopic (exact) mass is 213 g/mol. The summed E-state index contributed by atoms with van der Waals surface area (Å²) in [6.45, 7) is 1.83. The number of nitrogens with two attached hydrogens (primary N) is 2. The van der Waals surface area contributed by atoms with Crippen LogP contribution in [-0.4, -0.2) is 16.3 Å². The molecule has 0 unspecified atom stereocenters. The van der Waals surface area contributed by atoms with Crippen molar-refractivity contribution < 1.29 is 4.52 Å². The summed E-state index contributed by atoms with van der Waals surface area (Å²) in [6, 6.07) is 1.80. The number of rotatable bonds is 2. The van der Waals surface area contributed by atoms with Gasteiger partial charge in [-0.15, -0.1) is 0 Å². The van der Waals surface area contributed by atoms with E-state index < -0.39 is 0 Å². The Balaban J connectivity index is 2.41. The summed E-state index contributed by atoms with van der Waals surface area (Å²) in [5.41, 5.74) is 11.0. The predicted molar refractivity (Wildman–Crippen MR) is 56.1 cm³/mol. The molecule has 0 fully saturated rings. The minimum absolute atomic E-state index is 0.0547. The average Bonchev–Trinajstić information content (AvgIpc) is 2.47. The van der Waals surface area contributed by atoms with Crippen LogP contribution in [0.25, 0.3) is 0 Å². The summed E-state index contributed by atoms with van der Waals surface area (Å²) in [6.07, 6.45) is 0. The van der Waals surface area contributed by atoms with Gasteiger partial charge in [0.25, 0.3) is 0 Å². The van der Waals surface area contributed by atoms with Gasteiger partial charge in [0.2, 0.25) is 0 Å². The van der Waals surface area contributed by atoms with Gasteiger partial charge in [-0.2, -0.15) is 4.99 Å². The molecule has 0 saturated carbocycles. The van der Waals surface area contributed by atoms with Crippen LogP contribution < -0.4 is 11.5 Å². The van der Waals surface area contributed by atoms with Gasteiger partial charge in [0.05, 0.1) is 11.4 Å². The van der Waals surface area contributed by atoms with Crippen LogP contribution >= 0.6 is 11.8 Å². The largest absolute Gasteiger partial charge is 0.370 e. The van der Waals surface area contributed by atoms with Crippen molar-refractivity contribution in [1.82, 2.24) is 5.16 Å². The highest BCUT2D eigenvalue weighted by molar-refractivity contribution is 8.13. The minimum Gasteiger partial charge on any atom is -0.370 e. The van der Waals surface area contributed by atoms with Gasteiger partial charge in [0.15, 0.2) is 11.1 Å². The second kappa shape index (κ2) is 4.66. The molecule has 0 aromatic carbocycles. The molecule has 6 nitrogen and oxygen atoms in total. The Morgan fingerprint density at radius 3 is 2.93 bits per heavy atom. The van der Waals surface area contributed by atoms with Crippen LogP contribution in [0.1, 0.15) is 11.5 Å². The van der Waals surface area contributed by atoms with Crippen LogP contribution in [0.15, 0.2) is 15.6 Å². The van der Waals surface area contributed by atoms with Crippen molar-refractivity contribution in [1.29, 1.82) is 5.41 Å². The lowest BCUT2D eigenvalue weighted by Crippen LogP contribution is -2.23. The highest BCUT2D eigenvalue weighted by Gasteiger charge is 2.03. The lowest BCUT2D eigenvalue weighted by molar-refractivity contribution is 0.391. The van der Waals surface area contributed by atoms with Gasteiger partial charge in [-0.25, -0.2) is 0 Å². The van der Waals surface area contributed by atoms with E-state index in [0.717, 1.165) is 5.69 Å². The molecule has 0 aliphatic rings. The van der Waals surface area contributed by atoms with Crippen LogP contribution in [0.4, 0.5) is 0 Å². The fourth-order valence-corrected chi connectivity index (χ4v) is 1.36. The average molecular weight is 213 g/mol. The quantitative estimate of drug-likeness (QED) is 0.486. The van der Waals surface area contributed by atoms with E-state index in [-0.39, 0.29) is 11.1 Å². The first-order valence-corrected chi connectivity index (χ1v) is 4.79. The highest BCUT2D eigenvalue weighted by Crippen LogP contribution is 2.14. The van der Waals surface area contributed by atoms with Gasteiger partial charge in [-0.3, -0.25) is 5.41 Å². The lowest BCUT2D eigenvalue weighted by atomic mass is 10.4. The Morgan fingerprint density at radius 1 is 1.71 bits per heavy atom. The number of hydrogen-bond donors (Lipinski definition) is 3. The molecule has 0 saturated heterocycles. The molecule has 0 radical (unpaired) electrons. The first-order chi connectivity index (χ1) is 6.58. The van der Waals surface area contributed by atoms with Crippen molar-refractivity contribution in [2.24, 2.45) is 16.5 Å². The number of hydrogen-bond acceptors (Lipinski definition) is 4. The topological polar surface area (TPSA) is 114 Å². The number of aliphatic imine (C=N–C) groups is 1. The molecule has 1 heterocycles. The second-order valence-corrected chi connectivity index (χ2v) is 3.53. The van der Waals surface area contributed by atoms with E-state index in [4.69, 9.17) is 21.4 Å². The van der Waals surface area contributed by atoms with Crippen LogP contribution in [-0.2, 0) is 5.75 Å². The molecule has 0 atom stereocenters. The lowest BCUT2D eigenvalue weighted by Gasteiger charge is -1.95. The summed E-state index contributed by atoms with van der Waals surface area (Å²) in [4.78, 5) is 3.56. The Labute approximate surface area is 85.2 Å². The Bertz CT molecular complexity index is 355. The van der Waals surface area contributed by atoms with Gasteiger partial charge in [0, 0.05) is 6.07 Å². The number of thioether (sulfide) groups is 1. The van der Waals surface area contributed by atoms with E-state index in [1.54, 1.807) is 6.07 Å². The third-order valence-electron chi connectivity index (χ3n) is 1.26. The van der Waals surface area contributed by atoms with Crippen molar-refractivity contribution in [3.8, 4) is 0 Å². The maximum Gasteiger partial charge on any atom is 0.193 e. The molecule has 1 aromatic heterocycles. The van der Waals surface area contributed by atoms with Crippen LogP contribution in [0.3, 0.4) is 0 Å². The van der Waals surface area contributed by atoms with Gasteiger partial charge < -0.3 is 16.0 Å². The van der Waals surface area contributed by atoms with Crippen molar-refractivity contribution in [2.75, 3.05) is 0 Å². The molecule has 0 bridgehead atoms. The van der Waals surface area contributed by atoms with E-state index in [1.807, 2.05) is 6.92 Å². The fourth-order valence-electron chi connectivity index (χ4n) is 0.773. The molecule has 0 aliphatic carbocycles. The Morgan fingerprint density at radius 2 is 2.43 bits per heavy atom. The summed E-state index contributed by atoms with van der Waals surface area (Å²) in [5, 5.41) is 11.1. The zero-order valence-electron chi connectivity index (χ0n) is 7.65. The molecule has 0 amide bonds. The smallest absolute Gasteiger partial charge is 0.193 e. The van der Waals surface area contributed by atoms with Crippen molar-refractivity contribution >= 4 is 22.9 Å². The maximum absolute atomic E-state index is 7.33. The number of amidine groups is 1. The Kier molecular flexibility index (Phi) is 3.52. The number of guanidine groups is 1. The summed E-state index contributed by atoms with van der Waals surface area (Å²) >= 11 is 1.17. The van der Waals surface area contributed by atoms with E-state index in [9.17, 15) is 0 Å². The van der Waals surface area contributed by atoms with Gasteiger partial charge in [0.1, 0.15) is 5.76 Å². The molecule has 0 spiro atoms. The number of nitrogens with zero attached hydrogens (tertiary/aromatic N) is 2. The Hall–Kier alpha value is -1.50. The minimum atomic E-state index is -0.115. The van der Waals surface area contributed by atoms with Gasteiger partial charge in [-0.1, -0.05) is 16.9 Å². The first-order valence-electron chi connectivity index (χ1n) is 3.81. The van der Waals surface area contributed by atoms with Crippen molar-refractivity contribution in [3.63, 3.8) is 0 Å². The second-order valence-electron chi connectivity index (χ2n) is 2.57. The third-order valence-corrected chi connectivity index (χ3v) is 2.05. The number of aromatic nitrogens is 1. The van der Waals surface area contributed by atoms with Crippen molar-refractivity contribution in [2.45, 2.75) is 12.7 Å². The third kappa shape index (κ3) is 3.48. The number of nitrogens with one attached hydrogen (secondary N) is 1.